The van der Waals surface area contributed by atoms with Crippen molar-refractivity contribution >= 4 is 12.0 Å². The van der Waals surface area contributed by atoms with Gasteiger partial charge in [0.1, 0.15) is 29.3 Å². The molecule has 33 heavy (non-hydrogen) atoms. The Balaban J connectivity index is 1.45. The van der Waals surface area contributed by atoms with E-state index in [2.05, 4.69) is 4.90 Å². The molecule has 2 saturated heterocycles. The number of benzene rings is 1. The molecule has 2 atom stereocenters. The second kappa shape index (κ2) is 9.87. The molecule has 182 valence electrons. The second-order valence-electron chi connectivity index (χ2n) is 10.4. The van der Waals surface area contributed by atoms with Gasteiger partial charge in [-0.1, -0.05) is 6.42 Å². The Morgan fingerprint density at radius 1 is 1.00 bits per heavy atom. The highest BCUT2D eigenvalue weighted by atomic mass is 19.1. The van der Waals surface area contributed by atoms with Crippen LogP contribution in [0.1, 0.15) is 52.9 Å². The summed E-state index contributed by atoms with van der Waals surface area (Å²) in [4.78, 5) is 32.5. The number of ether oxygens (including phenoxy) is 2. The normalized spacial score (nSPS) is 24.8. The number of hydrogen-bond acceptors (Lipinski definition) is 5. The van der Waals surface area contributed by atoms with E-state index in [4.69, 9.17) is 9.47 Å². The molecule has 0 spiro atoms. The van der Waals surface area contributed by atoms with E-state index < -0.39 is 17.7 Å². The fraction of sp³-hybridized carbons (Fsp3) is 0.680. The minimum atomic E-state index is -0.660. The molecule has 3 fully saturated rings. The number of likely N-dealkylation sites (tertiary alicyclic amines) is 1. The van der Waals surface area contributed by atoms with E-state index in [0.29, 0.717) is 31.3 Å². The molecule has 1 aliphatic carbocycles. The Morgan fingerprint density at radius 2 is 1.73 bits per heavy atom. The molecule has 0 aromatic heterocycles. The Morgan fingerprint density at radius 3 is 2.36 bits per heavy atom. The summed E-state index contributed by atoms with van der Waals surface area (Å²) in [6.07, 6.45) is 4.27. The summed E-state index contributed by atoms with van der Waals surface area (Å²) >= 11 is 0. The van der Waals surface area contributed by atoms with Gasteiger partial charge in [0.25, 0.3) is 0 Å². The summed E-state index contributed by atoms with van der Waals surface area (Å²) in [5.74, 6) is 0.139. The number of carbonyl (C=O) groups excluding carboxylic acids is 2. The molecule has 0 N–H and O–H groups in total. The summed E-state index contributed by atoms with van der Waals surface area (Å²) in [7, 11) is 0. The van der Waals surface area contributed by atoms with Crippen molar-refractivity contribution in [3.63, 3.8) is 0 Å². The minimum absolute atomic E-state index is 0.0403. The van der Waals surface area contributed by atoms with Crippen LogP contribution in [0.15, 0.2) is 24.3 Å². The van der Waals surface area contributed by atoms with Crippen molar-refractivity contribution in [1.82, 2.24) is 14.7 Å². The lowest BCUT2D eigenvalue weighted by atomic mass is 9.91. The van der Waals surface area contributed by atoms with Gasteiger partial charge in [0.2, 0.25) is 5.91 Å². The third-order valence-corrected chi connectivity index (χ3v) is 6.73. The molecule has 7 nitrogen and oxygen atoms in total. The highest BCUT2D eigenvalue weighted by Crippen LogP contribution is 2.28. The number of amides is 2. The van der Waals surface area contributed by atoms with E-state index in [9.17, 15) is 14.0 Å². The van der Waals surface area contributed by atoms with Gasteiger partial charge in [-0.3, -0.25) is 14.6 Å². The zero-order chi connectivity index (χ0) is 23.6. The van der Waals surface area contributed by atoms with Crippen LogP contribution >= 0.6 is 0 Å². The average Bonchev–Trinajstić information content (AvgIpc) is 2.98. The maximum atomic E-state index is 13.6. The van der Waals surface area contributed by atoms with Crippen LogP contribution in [-0.2, 0) is 9.53 Å². The number of nitrogens with zero attached hydrogens (tertiary/aromatic N) is 3. The minimum Gasteiger partial charge on any atom is -0.488 e. The van der Waals surface area contributed by atoms with Crippen LogP contribution in [0, 0.1) is 5.82 Å². The van der Waals surface area contributed by atoms with Gasteiger partial charge >= 0.3 is 6.09 Å². The van der Waals surface area contributed by atoms with Gasteiger partial charge in [-0.25, -0.2) is 9.18 Å². The van der Waals surface area contributed by atoms with Crippen molar-refractivity contribution < 1.29 is 23.5 Å². The van der Waals surface area contributed by atoms with E-state index in [1.54, 1.807) is 12.1 Å². The fourth-order valence-corrected chi connectivity index (χ4v) is 4.83. The van der Waals surface area contributed by atoms with Crippen LogP contribution in [0.3, 0.4) is 0 Å². The molecule has 4 rings (SSSR count). The smallest absolute Gasteiger partial charge is 0.411 e. The van der Waals surface area contributed by atoms with E-state index in [1.807, 2.05) is 25.7 Å². The largest absolute Gasteiger partial charge is 0.488 e. The van der Waals surface area contributed by atoms with Crippen LogP contribution in [0.2, 0.25) is 0 Å². The molecule has 0 radical (unpaired) electrons. The first-order chi connectivity index (χ1) is 15.7. The Hall–Kier alpha value is -2.35. The number of hydrogen-bond donors (Lipinski definition) is 0. The van der Waals surface area contributed by atoms with Crippen molar-refractivity contribution in [2.45, 2.75) is 76.7 Å². The summed E-state index contributed by atoms with van der Waals surface area (Å²) in [5, 5.41) is 0. The van der Waals surface area contributed by atoms with E-state index in [-0.39, 0.29) is 24.4 Å². The second-order valence-corrected chi connectivity index (χ2v) is 10.4. The fourth-order valence-electron chi connectivity index (χ4n) is 4.83. The number of halogens is 1. The molecule has 2 aliphatic heterocycles. The maximum absolute atomic E-state index is 13.6. The standard InChI is InChI=1S/C25H36FN3O4/c1-25(2,3)33-24(31)29-17-21(32-20-10-8-18(26)9-11-20)16-22(29)23(30)28-13-5-12-27(14-15-28)19-6-4-7-19/h8-11,19,21-22H,4-7,12-17H2,1-3H3. The Kier molecular flexibility index (Phi) is 7.12. The topological polar surface area (TPSA) is 62.3 Å². The number of rotatable bonds is 4. The first-order valence-corrected chi connectivity index (χ1v) is 12.1. The molecule has 2 amide bonds. The van der Waals surface area contributed by atoms with Gasteiger partial charge in [0.15, 0.2) is 0 Å². The van der Waals surface area contributed by atoms with Gasteiger partial charge in [0, 0.05) is 38.6 Å². The van der Waals surface area contributed by atoms with Crippen molar-refractivity contribution in [3.8, 4) is 5.75 Å². The van der Waals surface area contributed by atoms with Gasteiger partial charge in [0.05, 0.1) is 6.54 Å². The van der Waals surface area contributed by atoms with Crippen molar-refractivity contribution in [2.75, 3.05) is 32.7 Å². The molecule has 8 heteroatoms. The lowest BCUT2D eigenvalue weighted by Gasteiger charge is -2.37. The van der Waals surface area contributed by atoms with Crippen LogP contribution in [0.25, 0.3) is 0 Å². The number of carbonyl (C=O) groups is 2. The lowest BCUT2D eigenvalue weighted by Crippen LogP contribution is -2.50. The first-order valence-electron chi connectivity index (χ1n) is 12.1. The molecule has 3 aliphatic rings. The first kappa shape index (κ1) is 23.8. The van der Waals surface area contributed by atoms with Crippen LogP contribution in [-0.4, -0.2) is 83.2 Å². The average molecular weight is 462 g/mol. The quantitative estimate of drug-likeness (QED) is 0.685. The maximum Gasteiger partial charge on any atom is 0.411 e. The summed E-state index contributed by atoms with van der Waals surface area (Å²) < 4.78 is 24.9. The molecular formula is C25H36FN3O4. The van der Waals surface area contributed by atoms with Crippen molar-refractivity contribution in [1.29, 1.82) is 0 Å². The third kappa shape index (κ3) is 5.96. The molecule has 1 aromatic rings. The zero-order valence-corrected chi connectivity index (χ0v) is 20.0. The third-order valence-electron chi connectivity index (χ3n) is 6.73. The van der Waals surface area contributed by atoms with Crippen molar-refractivity contribution in [2.24, 2.45) is 0 Å². The summed E-state index contributed by atoms with van der Waals surface area (Å²) in [5.41, 5.74) is -0.660. The van der Waals surface area contributed by atoms with Gasteiger partial charge < -0.3 is 14.4 Å². The highest BCUT2D eigenvalue weighted by Gasteiger charge is 2.44. The molecule has 2 unspecified atom stereocenters. The SMILES string of the molecule is CC(C)(C)OC(=O)N1CC(Oc2ccc(F)cc2)CC1C(=O)N1CCCN(C2CCC2)CC1. The van der Waals surface area contributed by atoms with Crippen LogP contribution in [0.4, 0.5) is 9.18 Å². The predicted molar refractivity (Wildman–Crippen MR) is 123 cm³/mol. The Labute approximate surface area is 195 Å². The molecule has 2 heterocycles. The summed E-state index contributed by atoms with van der Waals surface area (Å²) in [6, 6.07) is 5.84. The summed E-state index contributed by atoms with van der Waals surface area (Å²) in [6.45, 7) is 8.97. The molecule has 1 saturated carbocycles. The van der Waals surface area contributed by atoms with Crippen LogP contribution in [0.5, 0.6) is 5.75 Å². The predicted octanol–water partition coefficient (Wildman–Crippen LogP) is 3.67. The lowest BCUT2D eigenvalue weighted by molar-refractivity contribution is -0.135. The molecule has 0 bridgehead atoms. The van der Waals surface area contributed by atoms with Crippen LogP contribution < -0.4 is 4.74 Å². The van der Waals surface area contributed by atoms with E-state index in [1.165, 1.54) is 36.3 Å². The van der Waals surface area contributed by atoms with Gasteiger partial charge in [-0.2, -0.15) is 0 Å². The zero-order valence-electron chi connectivity index (χ0n) is 20.0. The van der Waals surface area contributed by atoms with E-state index >= 15 is 0 Å². The molecular weight excluding hydrogens is 425 g/mol. The molecule has 1 aromatic carbocycles. The van der Waals surface area contributed by atoms with Gasteiger partial charge in [-0.15, -0.1) is 0 Å². The van der Waals surface area contributed by atoms with E-state index in [0.717, 1.165) is 19.5 Å². The van der Waals surface area contributed by atoms with Crippen molar-refractivity contribution in [3.05, 3.63) is 30.1 Å². The van der Waals surface area contributed by atoms with Gasteiger partial charge in [-0.05, 0) is 64.3 Å². The highest BCUT2D eigenvalue weighted by molar-refractivity contribution is 5.86. The Bertz CT molecular complexity index is 837. The monoisotopic (exact) mass is 461 g/mol.